The van der Waals surface area contributed by atoms with E-state index < -0.39 is 23.6 Å². The number of hydrogen-bond acceptors (Lipinski definition) is 1. The first-order chi connectivity index (χ1) is 8.99. The molecule has 100 valence electrons. The molecule has 1 nitrogen and oxygen atoms in total. The number of halogens is 3. The van der Waals surface area contributed by atoms with E-state index in [9.17, 15) is 18.3 Å². The number of aliphatic hydroxyl groups excluding tert-OH is 1. The molecule has 2 rings (SSSR count). The minimum Gasteiger partial charge on any atom is -0.388 e. The predicted octanol–water partition coefficient (Wildman–Crippen LogP) is 3.69. The van der Waals surface area contributed by atoms with Gasteiger partial charge in [0, 0.05) is 12.0 Å². The van der Waals surface area contributed by atoms with Crippen molar-refractivity contribution in [3.63, 3.8) is 0 Å². The van der Waals surface area contributed by atoms with Gasteiger partial charge >= 0.3 is 0 Å². The smallest absolute Gasteiger partial charge is 0.162 e. The molecule has 4 heteroatoms. The molecule has 0 aromatic heterocycles. The first-order valence-electron chi connectivity index (χ1n) is 5.86. The van der Waals surface area contributed by atoms with E-state index in [-0.39, 0.29) is 17.5 Å². The molecule has 0 amide bonds. The van der Waals surface area contributed by atoms with E-state index in [4.69, 9.17) is 0 Å². The molecule has 1 unspecified atom stereocenters. The monoisotopic (exact) mass is 266 g/mol. The average Bonchev–Trinajstić information content (AvgIpc) is 2.34. The lowest BCUT2D eigenvalue weighted by Gasteiger charge is -2.13. The van der Waals surface area contributed by atoms with Gasteiger partial charge in [-0.05, 0) is 30.2 Å². The van der Waals surface area contributed by atoms with Gasteiger partial charge in [0.2, 0.25) is 0 Å². The second-order valence-corrected chi connectivity index (χ2v) is 4.46. The van der Waals surface area contributed by atoms with E-state index in [2.05, 4.69) is 0 Å². The van der Waals surface area contributed by atoms with Gasteiger partial charge in [0.1, 0.15) is 5.82 Å². The lowest BCUT2D eigenvalue weighted by molar-refractivity contribution is 0.172. The topological polar surface area (TPSA) is 20.2 Å². The zero-order chi connectivity index (χ0) is 14.0. The van der Waals surface area contributed by atoms with Gasteiger partial charge in [-0.15, -0.1) is 0 Å². The number of aryl methyl sites for hydroxylation is 1. The summed E-state index contributed by atoms with van der Waals surface area (Å²) in [6.45, 7) is 1.73. The summed E-state index contributed by atoms with van der Waals surface area (Å²) in [7, 11) is 0. The predicted molar refractivity (Wildman–Crippen MR) is 66.2 cm³/mol. The van der Waals surface area contributed by atoms with Crippen molar-refractivity contribution in [2.45, 2.75) is 19.4 Å². The van der Waals surface area contributed by atoms with E-state index in [0.717, 1.165) is 11.6 Å². The molecular weight excluding hydrogens is 253 g/mol. The Morgan fingerprint density at radius 2 is 1.79 bits per heavy atom. The number of rotatable bonds is 3. The molecule has 0 aliphatic rings. The van der Waals surface area contributed by atoms with Crippen LogP contribution >= 0.6 is 0 Å². The summed E-state index contributed by atoms with van der Waals surface area (Å²) in [6.07, 6.45) is -1.39. The second kappa shape index (κ2) is 5.45. The van der Waals surface area contributed by atoms with Gasteiger partial charge in [-0.3, -0.25) is 0 Å². The first-order valence-corrected chi connectivity index (χ1v) is 5.86. The molecule has 0 heterocycles. The fourth-order valence-electron chi connectivity index (χ4n) is 1.93. The van der Waals surface area contributed by atoms with Crippen LogP contribution in [0.15, 0.2) is 36.4 Å². The molecule has 0 fully saturated rings. The summed E-state index contributed by atoms with van der Waals surface area (Å²) in [6, 6.07) is 8.12. The molecule has 0 bridgehead atoms. The van der Waals surface area contributed by atoms with E-state index >= 15 is 0 Å². The molecule has 0 radical (unpaired) electrons. The Balaban J connectivity index is 2.25. The van der Waals surface area contributed by atoms with Crippen LogP contribution in [0.2, 0.25) is 0 Å². The maximum Gasteiger partial charge on any atom is 0.162 e. The highest BCUT2D eigenvalue weighted by Crippen LogP contribution is 2.23. The van der Waals surface area contributed by atoms with Crippen molar-refractivity contribution in [2.24, 2.45) is 0 Å². The van der Waals surface area contributed by atoms with E-state index in [1.54, 1.807) is 13.0 Å². The molecule has 0 saturated carbocycles. The zero-order valence-electron chi connectivity index (χ0n) is 10.3. The highest BCUT2D eigenvalue weighted by molar-refractivity contribution is 5.28. The van der Waals surface area contributed by atoms with Gasteiger partial charge in [0.05, 0.1) is 6.10 Å². The molecule has 0 saturated heterocycles. The SMILES string of the molecule is Cc1ccc(C(O)Cc2cccc(F)c2F)c(F)c1. The van der Waals surface area contributed by atoms with Crippen LogP contribution in [0.5, 0.6) is 0 Å². The van der Waals surface area contributed by atoms with Crippen LogP contribution in [-0.4, -0.2) is 5.11 Å². The molecule has 0 spiro atoms. The van der Waals surface area contributed by atoms with Crippen LogP contribution in [0.1, 0.15) is 22.8 Å². The van der Waals surface area contributed by atoms with E-state index in [1.165, 1.54) is 24.3 Å². The third-order valence-electron chi connectivity index (χ3n) is 2.96. The minimum atomic E-state index is -1.21. The minimum absolute atomic E-state index is 0.0208. The highest BCUT2D eigenvalue weighted by atomic mass is 19.2. The molecule has 0 aliphatic carbocycles. The summed E-state index contributed by atoms with van der Waals surface area (Å²) < 4.78 is 40.2. The standard InChI is InChI=1S/C15H13F3O/c1-9-5-6-11(13(17)7-9)14(19)8-10-3-2-4-12(16)15(10)18/h2-7,14,19H,8H2,1H3. The van der Waals surface area contributed by atoms with Crippen LogP contribution < -0.4 is 0 Å². The van der Waals surface area contributed by atoms with Crippen LogP contribution in [0, 0.1) is 24.4 Å². The van der Waals surface area contributed by atoms with Crippen molar-refractivity contribution >= 4 is 0 Å². The number of benzene rings is 2. The highest BCUT2D eigenvalue weighted by Gasteiger charge is 2.16. The fraction of sp³-hybridized carbons (Fsp3) is 0.200. The van der Waals surface area contributed by atoms with Crippen molar-refractivity contribution in [3.05, 3.63) is 70.5 Å². The summed E-state index contributed by atoms with van der Waals surface area (Å²) in [5.41, 5.74) is 0.826. The Hall–Kier alpha value is -1.81. The van der Waals surface area contributed by atoms with Crippen LogP contribution in [0.3, 0.4) is 0 Å². The number of hydrogen-bond donors (Lipinski definition) is 1. The largest absolute Gasteiger partial charge is 0.388 e. The Morgan fingerprint density at radius 1 is 1.05 bits per heavy atom. The van der Waals surface area contributed by atoms with Crippen LogP contribution in [0.25, 0.3) is 0 Å². The molecule has 2 aromatic carbocycles. The van der Waals surface area contributed by atoms with Crippen LogP contribution in [0.4, 0.5) is 13.2 Å². The maximum absolute atomic E-state index is 13.7. The molecule has 2 aromatic rings. The third kappa shape index (κ3) is 2.96. The second-order valence-electron chi connectivity index (χ2n) is 4.46. The average molecular weight is 266 g/mol. The van der Waals surface area contributed by atoms with Gasteiger partial charge in [0.25, 0.3) is 0 Å². The van der Waals surface area contributed by atoms with Crippen LogP contribution in [-0.2, 0) is 6.42 Å². The van der Waals surface area contributed by atoms with Gasteiger partial charge in [-0.1, -0.05) is 24.3 Å². The lowest BCUT2D eigenvalue weighted by atomic mass is 9.99. The summed E-state index contributed by atoms with van der Waals surface area (Å²) in [4.78, 5) is 0. The van der Waals surface area contributed by atoms with Crippen molar-refractivity contribution in [2.75, 3.05) is 0 Å². The van der Waals surface area contributed by atoms with Gasteiger partial charge in [-0.2, -0.15) is 0 Å². The van der Waals surface area contributed by atoms with Crippen molar-refractivity contribution in [1.82, 2.24) is 0 Å². The molecule has 1 atom stereocenters. The zero-order valence-corrected chi connectivity index (χ0v) is 10.3. The van der Waals surface area contributed by atoms with E-state index in [1.807, 2.05) is 0 Å². The Morgan fingerprint density at radius 3 is 2.47 bits per heavy atom. The van der Waals surface area contributed by atoms with Gasteiger partial charge in [-0.25, -0.2) is 13.2 Å². The van der Waals surface area contributed by atoms with Crippen molar-refractivity contribution in [3.8, 4) is 0 Å². The summed E-state index contributed by atoms with van der Waals surface area (Å²) >= 11 is 0. The first kappa shape index (κ1) is 13.6. The van der Waals surface area contributed by atoms with Crippen molar-refractivity contribution in [1.29, 1.82) is 0 Å². The maximum atomic E-state index is 13.7. The van der Waals surface area contributed by atoms with Crippen molar-refractivity contribution < 1.29 is 18.3 Å². The molecule has 19 heavy (non-hydrogen) atoms. The Kier molecular flexibility index (Phi) is 3.90. The third-order valence-corrected chi connectivity index (χ3v) is 2.96. The quantitative estimate of drug-likeness (QED) is 0.898. The number of aliphatic hydroxyl groups is 1. The van der Waals surface area contributed by atoms with Gasteiger partial charge < -0.3 is 5.11 Å². The molecular formula is C15H13F3O. The Bertz CT molecular complexity index is 596. The Labute approximate surface area is 109 Å². The summed E-state index contributed by atoms with van der Waals surface area (Å²) in [5.74, 6) is -2.53. The molecule has 1 N–H and O–H groups in total. The summed E-state index contributed by atoms with van der Waals surface area (Å²) in [5, 5.41) is 9.93. The van der Waals surface area contributed by atoms with E-state index in [0.29, 0.717) is 0 Å². The lowest BCUT2D eigenvalue weighted by Crippen LogP contribution is -2.06. The fourth-order valence-corrected chi connectivity index (χ4v) is 1.93. The molecule has 0 aliphatic heterocycles. The normalized spacial score (nSPS) is 12.5. The van der Waals surface area contributed by atoms with Gasteiger partial charge in [0.15, 0.2) is 11.6 Å².